The molecule has 2 aromatic carbocycles. The second-order valence-corrected chi connectivity index (χ2v) is 9.68. The molecule has 2 heterocycles. The van der Waals surface area contributed by atoms with E-state index in [4.69, 9.17) is 4.74 Å². The SMILES string of the molecule is COc1cccc(N2C(=O)CN(CCc3ccc(F)cc3)C3CS(=O)(=O)CC32)c1. The van der Waals surface area contributed by atoms with Crippen LogP contribution in [-0.2, 0) is 21.1 Å². The molecule has 154 valence electrons. The number of carbonyl (C=O) groups is 1. The van der Waals surface area contributed by atoms with Crippen molar-refractivity contribution >= 4 is 21.4 Å². The van der Waals surface area contributed by atoms with Crippen LogP contribution in [0.2, 0.25) is 0 Å². The van der Waals surface area contributed by atoms with E-state index in [-0.39, 0.29) is 35.8 Å². The lowest BCUT2D eigenvalue weighted by atomic mass is 10.0. The summed E-state index contributed by atoms with van der Waals surface area (Å²) in [5.74, 6) is 0.183. The average molecular weight is 418 g/mol. The van der Waals surface area contributed by atoms with Gasteiger partial charge in [0, 0.05) is 24.3 Å². The predicted molar refractivity (Wildman–Crippen MR) is 108 cm³/mol. The molecule has 0 spiro atoms. The van der Waals surface area contributed by atoms with Gasteiger partial charge >= 0.3 is 0 Å². The molecule has 0 aliphatic carbocycles. The second kappa shape index (κ2) is 7.76. The standard InChI is InChI=1S/C21H23FN2O4S/c1-28-18-4-2-3-17(11-18)24-20-14-29(26,27)13-19(20)23(12-21(24)25)10-9-15-5-7-16(22)8-6-15/h2-8,11,19-20H,9-10,12-14H2,1H3. The number of methoxy groups -OCH3 is 1. The van der Waals surface area contributed by atoms with Crippen LogP contribution in [0.1, 0.15) is 5.56 Å². The van der Waals surface area contributed by atoms with E-state index >= 15 is 0 Å². The van der Waals surface area contributed by atoms with Crippen LogP contribution in [0.5, 0.6) is 5.75 Å². The van der Waals surface area contributed by atoms with Gasteiger partial charge < -0.3 is 9.64 Å². The molecule has 8 heteroatoms. The maximum Gasteiger partial charge on any atom is 0.241 e. The Morgan fingerprint density at radius 3 is 2.55 bits per heavy atom. The van der Waals surface area contributed by atoms with Crippen molar-refractivity contribution in [1.29, 1.82) is 0 Å². The maximum atomic E-state index is 13.1. The van der Waals surface area contributed by atoms with Crippen LogP contribution in [0.4, 0.5) is 10.1 Å². The van der Waals surface area contributed by atoms with E-state index in [1.54, 1.807) is 48.4 Å². The highest BCUT2D eigenvalue weighted by Crippen LogP contribution is 2.33. The molecule has 0 bridgehead atoms. The van der Waals surface area contributed by atoms with E-state index in [0.717, 1.165) is 5.56 Å². The van der Waals surface area contributed by atoms with Crippen LogP contribution in [0.15, 0.2) is 48.5 Å². The summed E-state index contributed by atoms with van der Waals surface area (Å²) in [6.45, 7) is 0.690. The maximum absolute atomic E-state index is 13.1. The first-order valence-electron chi connectivity index (χ1n) is 9.51. The predicted octanol–water partition coefficient (Wildman–Crippen LogP) is 1.89. The van der Waals surface area contributed by atoms with Gasteiger partial charge in [-0.05, 0) is 36.2 Å². The van der Waals surface area contributed by atoms with E-state index in [0.29, 0.717) is 24.4 Å². The van der Waals surface area contributed by atoms with Crippen LogP contribution >= 0.6 is 0 Å². The first-order valence-corrected chi connectivity index (χ1v) is 11.3. The second-order valence-electron chi connectivity index (χ2n) is 7.52. The van der Waals surface area contributed by atoms with E-state index in [1.807, 2.05) is 4.90 Å². The van der Waals surface area contributed by atoms with Crippen LogP contribution in [0.25, 0.3) is 0 Å². The zero-order valence-electron chi connectivity index (χ0n) is 16.1. The van der Waals surface area contributed by atoms with Gasteiger partial charge in [0.1, 0.15) is 11.6 Å². The zero-order valence-corrected chi connectivity index (χ0v) is 16.9. The zero-order chi connectivity index (χ0) is 20.6. The Hall–Kier alpha value is -2.45. The lowest BCUT2D eigenvalue weighted by molar-refractivity contribution is -0.123. The highest BCUT2D eigenvalue weighted by molar-refractivity contribution is 7.91. The lowest BCUT2D eigenvalue weighted by Crippen LogP contribution is -2.62. The van der Waals surface area contributed by atoms with Crippen molar-refractivity contribution in [3.63, 3.8) is 0 Å². The smallest absolute Gasteiger partial charge is 0.241 e. The van der Waals surface area contributed by atoms with Crippen LogP contribution < -0.4 is 9.64 Å². The van der Waals surface area contributed by atoms with Gasteiger partial charge in [0.15, 0.2) is 9.84 Å². The van der Waals surface area contributed by atoms with E-state index in [9.17, 15) is 17.6 Å². The fourth-order valence-electron chi connectivity index (χ4n) is 4.22. The number of ether oxygens (including phenoxy) is 1. The molecule has 2 aliphatic heterocycles. The summed E-state index contributed by atoms with van der Waals surface area (Å²) < 4.78 is 43.2. The van der Waals surface area contributed by atoms with Gasteiger partial charge in [0.25, 0.3) is 0 Å². The quantitative estimate of drug-likeness (QED) is 0.742. The van der Waals surface area contributed by atoms with E-state index in [2.05, 4.69) is 0 Å². The van der Waals surface area contributed by atoms with Crippen molar-refractivity contribution in [3.8, 4) is 5.75 Å². The summed E-state index contributed by atoms with van der Waals surface area (Å²) >= 11 is 0. The van der Waals surface area contributed by atoms with Crippen molar-refractivity contribution < 1.29 is 22.3 Å². The number of anilines is 1. The summed E-state index contributed by atoms with van der Waals surface area (Å²) in [6, 6.07) is 12.7. The van der Waals surface area contributed by atoms with Crippen LogP contribution in [0.3, 0.4) is 0 Å². The van der Waals surface area contributed by atoms with Gasteiger partial charge in [0.05, 0.1) is 31.2 Å². The highest BCUT2D eigenvalue weighted by atomic mass is 32.2. The van der Waals surface area contributed by atoms with E-state index in [1.165, 1.54) is 12.1 Å². The number of carbonyl (C=O) groups excluding carboxylic acids is 1. The van der Waals surface area contributed by atoms with Crippen LogP contribution in [0, 0.1) is 5.82 Å². The Labute approximate surface area is 169 Å². The van der Waals surface area contributed by atoms with Gasteiger partial charge in [-0.1, -0.05) is 18.2 Å². The fraction of sp³-hybridized carbons (Fsp3) is 0.381. The summed E-state index contributed by atoms with van der Waals surface area (Å²) in [4.78, 5) is 16.6. The van der Waals surface area contributed by atoms with Crippen LogP contribution in [-0.4, -0.2) is 63.0 Å². The van der Waals surface area contributed by atoms with Gasteiger partial charge in [-0.2, -0.15) is 0 Å². The number of benzene rings is 2. The summed E-state index contributed by atoms with van der Waals surface area (Å²) in [6.07, 6.45) is 0.621. The molecule has 2 unspecified atom stereocenters. The van der Waals surface area contributed by atoms with Crippen molar-refractivity contribution in [2.45, 2.75) is 18.5 Å². The number of hydrogen-bond donors (Lipinski definition) is 0. The van der Waals surface area contributed by atoms with Gasteiger partial charge in [-0.15, -0.1) is 0 Å². The summed E-state index contributed by atoms with van der Waals surface area (Å²) in [5, 5.41) is 0. The Balaban J connectivity index is 1.58. The number of amides is 1. The number of sulfone groups is 1. The molecule has 29 heavy (non-hydrogen) atoms. The molecular weight excluding hydrogens is 395 g/mol. The molecule has 4 rings (SSSR count). The topological polar surface area (TPSA) is 66.9 Å². The Morgan fingerprint density at radius 2 is 1.83 bits per heavy atom. The molecule has 2 atom stereocenters. The lowest BCUT2D eigenvalue weighted by Gasteiger charge is -2.43. The molecule has 2 aliphatic rings. The normalized spacial score (nSPS) is 23.8. The highest BCUT2D eigenvalue weighted by Gasteiger charge is 2.49. The number of fused-ring (bicyclic) bond motifs is 1. The average Bonchev–Trinajstić information content (AvgIpc) is 3.02. The first-order chi connectivity index (χ1) is 13.9. The molecule has 6 nitrogen and oxygen atoms in total. The number of piperazine rings is 1. The number of nitrogens with zero attached hydrogens (tertiary/aromatic N) is 2. The summed E-state index contributed by atoms with van der Waals surface area (Å²) in [7, 11) is -1.69. The Kier molecular flexibility index (Phi) is 5.31. The Bertz CT molecular complexity index is 1010. The molecule has 2 saturated heterocycles. The molecular formula is C21H23FN2O4S. The minimum absolute atomic E-state index is 0.0365. The fourth-order valence-corrected chi connectivity index (χ4v) is 6.20. The minimum Gasteiger partial charge on any atom is -0.497 e. The van der Waals surface area contributed by atoms with Crippen molar-refractivity contribution in [2.24, 2.45) is 0 Å². The molecule has 2 fully saturated rings. The molecule has 0 radical (unpaired) electrons. The molecule has 0 saturated carbocycles. The molecule has 2 aromatic rings. The van der Waals surface area contributed by atoms with Gasteiger partial charge in [0.2, 0.25) is 5.91 Å². The third-order valence-electron chi connectivity index (χ3n) is 5.63. The van der Waals surface area contributed by atoms with Gasteiger partial charge in [-0.25, -0.2) is 12.8 Å². The Morgan fingerprint density at radius 1 is 1.10 bits per heavy atom. The summed E-state index contributed by atoms with van der Waals surface area (Å²) in [5.41, 5.74) is 1.60. The molecule has 1 amide bonds. The molecule has 0 N–H and O–H groups in total. The van der Waals surface area contributed by atoms with Crippen molar-refractivity contribution in [2.75, 3.05) is 36.6 Å². The number of rotatable bonds is 5. The number of halogens is 1. The third kappa shape index (κ3) is 4.13. The van der Waals surface area contributed by atoms with Crippen molar-refractivity contribution in [1.82, 2.24) is 4.90 Å². The monoisotopic (exact) mass is 418 g/mol. The largest absolute Gasteiger partial charge is 0.497 e. The minimum atomic E-state index is -3.25. The number of hydrogen-bond acceptors (Lipinski definition) is 5. The first kappa shape index (κ1) is 19.8. The van der Waals surface area contributed by atoms with Crippen molar-refractivity contribution in [3.05, 3.63) is 59.9 Å². The molecule has 0 aromatic heterocycles. The van der Waals surface area contributed by atoms with E-state index < -0.39 is 15.9 Å². The van der Waals surface area contributed by atoms with Gasteiger partial charge in [-0.3, -0.25) is 9.69 Å². The third-order valence-corrected chi connectivity index (χ3v) is 7.33.